The van der Waals surface area contributed by atoms with Crippen LogP contribution in [0.1, 0.15) is 12.0 Å². The number of aromatic nitrogens is 1. The number of nitrogens with zero attached hydrogens (tertiary/aromatic N) is 1. The van der Waals surface area contributed by atoms with Crippen molar-refractivity contribution in [3.8, 4) is 0 Å². The Morgan fingerprint density at radius 3 is 2.93 bits per heavy atom. The second-order valence-corrected chi connectivity index (χ2v) is 4.58. The van der Waals surface area contributed by atoms with Gasteiger partial charge in [-0.1, -0.05) is 12.1 Å². The lowest BCUT2D eigenvalue weighted by molar-refractivity contribution is 0.661. The third-order valence-corrected chi connectivity index (χ3v) is 3.36. The molecule has 0 spiro atoms. The maximum atomic E-state index is 5.54. The molecule has 0 amide bonds. The topological polar surface area (TPSA) is 30.9 Å². The molecular formula is C12H15BrN2. The lowest BCUT2D eigenvalue weighted by atomic mass is 10.1. The number of hydrogen-bond acceptors (Lipinski definition) is 1. The van der Waals surface area contributed by atoms with Crippen molar-refractivity contribution in [1.29, 1.82) is 0 Å². The predicted octanol–water partition coefficient (Wildman–Crippen LogP) is 3.06. The van der Waals surface area contributed by atoms with Gasteiger partial charge >= 0.3 is 0 Å². The van der Waals surface area contributed by atoms with Crippen molar-refractivity contribution in [2.45, 2.75) is 19.9 Å². The monoisotopic (exact) mass is 266 g/mol. The Morgan fingerprint density at radius 2 is 2.20 bits per heavy atom. The molecule has 2 nitrogen and oxygen atoms in total. The molecule has 0 saturated carbocycles. The van der Waals surface area contributed by atoms with E-state index >= 15 is 0 Å². The molecule has 0 aliphatic heterocycles. The van der Waals surface area contributed by atoms with Crippen LogP contribution in [0, 0.1) is 6.92 Å². The summed E-state index contributed by atoms with van der Waals surface area (Å²) in [5, 5.41) is 1.32. The average Bonchev–Trinajstić information content (AvgIpc) is 2.54. The van der Waals surface area contributed by atoms with Gasteiger partial charge in [-0.25, -0.2) is 0 Å². The van der Waals surface area contributed by atoms with Crippen LogP contribution in [0.2, 0.25) is 0 Å². The van der Waals surface area contributed by atoms with Crippen molar-refractivity contribution in [1.82, 2.24) is 4.57 Å². The highest BCUT2D eigenvalue weighted by Gasteiger charge is 2.07. The first-order chi connectivity index (χ1) is 7.24. The Kier molecular flexibility index (Phi) is 3.12. The Bertz CT molecular complexity index is 474. The highest BCUT2D eigenvalue weighted by atomic mass is 79.9. The second kappa shape index (κ2) is 4.37. The Balaban J connectivity index is 2.53. The summed E-state index contributed by atoms with van der Waals surface area (Å²) in [6.07, 6.45) is 1.01. The number of benzene rings is 1. The van der Waals surface area contributed by atoms with Crippen LogP contribution in [0.4, 0.5) is 0 Å². The van der Waals surface area contributed by atoms with Crippen molar-refractivity contribution < 1.29 is 0 Å². The van der Waals surface area contributed by atoms with Crippen LogP contribution in [-0.4, -0.2) is 11.1 Å². The summed E-state index contributed by atoms with van der Waals surface area (Å²) in [5.74, 6) is 0. The van der Waals surface area contributed by atoms with Crippen LogP contribution in [0.25, 0.3) is 10.9 Å². The fourth-order valence-electron chi connectivity index (χ4n) is 1.88. The van der Waals surface area contributed by atoms with Crippen molar-refractivity contribution in [2.24, 2.45) is 5.73 Å². The SMILES string of the molecule is Cc1cccc2c1cc(Br)n2CCCN. The molecule has 1 aromatic carbocycles. The fourth-order valence-corrected chi connectivity index (χ4v) is 2.47. The molecule has 3 heteroatoms. The lowest BCUT2D eigenvalue weighted by Crippen LogP contribution is -2.05. The molecular weight excluding hydrogens is 252 g/mol. The van der Waals surface area contributed by atoms with E-state index in [4.69, 9.17) is 5.73 Å². The van der Waals surface area contributed by atoms with Crippen molar-refractivity contribution in [3.63, 3.8) is 0 Å². The van der Waals surface area contributed by atoms with Crippen LogP contribution in [0.5, 0.6) is 0 Å². The van der Waals surface area contributed by atoms with Crippen LogP contribution in [0.3, 0.4) is 0 Å². The van der Waals surface area contributed by atoms with E-state index in [9.17, 15) is 0 Å². The minimum Gasteiger partial charge on any atom is -0.335 e. The molecule has 1 aromatic heterocycles. The first kappa shape index (κ1) is 10.7. The summed E-state index contributed by atoms with van der Waals surface area (Å²) in [4.78, 5) is 0. The van der Waals surface area contributed by atoms with E-state index in [0.29, 0.717) is 0 Å². The highest BCUT2D eigenvalue weighted by molar-refractivity contribution is 9.10. The first-order valence-electron chi connectivity index (χ1n) is 5.18. The molecule has 0 atom stereocenters. The minimum absolute atomic E-state index is 0.734. The molecule has 0 unspecified atom stereocenters. The molecule has 0 bridgehead atoms. The number of nitrogens with two attached hydrogens (primary N) is 1. The third-order valence-electron chi connectivity index (χ3n) is 2.70. The van der Waals surface area contributed by atoms with Gasteiger partial charge in [-0.2, -0.15) is 0 Å². The highest BCUT2D eigenvalue weighted by Crippen LogP contribution is 2.26. The van der Waals surface area contributed by atoms with Gasteiger partial charge in [0.15, 0.2) is 0 Å². The quantitative estimate of drug-likeness (QED) is 0.910. The van der Waals surface area contributed by atoms with Crippen LogP contribution < -0.4 is 5.73 Å². The number of halogens is 1. The Labute approximate surface area is 98.2 Å². The summed E-state index contributed by atoms with van der Waals surface area (Å²) in [5.41, 5.74) is 8.15. The Hall–Kier alpha value is -0.800. The zero-order valence-electron chi connectivity index (χ0n) is 8.83. The number of rotatable bonds is 3. The molecule has 15 heavy (non-hydrogen) atoms. The van der Waals surface area contributed by atoms with Gasteiger partial charge in [0, 0.05) is 17.4 Å². The second-order valence-electron chi connectivity index (χ2n) is 3.77. The third kappa shape index (κ3) is 1.94. The van der Waals surface area contributed by atoms with Gasteiger partial charge in [0.2, 0.25) is 0 Å². The molecule has 80 valence electrons. The minimum atomic E-state index is 0.734. The number of aryl methyl sites for hydroxylation is 2. The van der Waals surface area contributed by atoms with Gasteiger partial charge in [0.05, 0.1) is 4.60 Å². The molecule has 2 rings (SSSR count). The smallest absolute Gasteiger partial charge is 0.0857 e. The van der Waals surface area contributed by atoms with Gasteiger partial charge in [0.25, 0.3) is 0 Å². The lowest BCUT2D eigenvalue weighted by Gasteiger charge is -2.06. The number of fused-ring (bicyclic) bond motifs is 1. The van der Waals surface area contributed by atoms with E-state index in [1.807, 2.05) is 0 Å². The van der Waals surface area contributed by atoms with Gasteiger partial charge < -0.3 is 10.3 Å². The van der Waals surface area contributed by atoms with Gasteiger partial charge in [0.1, 0.15) is 0 Å². The van der Waals surface area contributed by atoms with E-state index in [1.54, 1.807) is 0 Å². The Morgan fingerprint density at radius 1 is 1.40 bits per heavy atom. The molecule has 0 aliphatic rings. The zero-order valence-corrected chi connectivity index (χ0v) is 10.4. The van der Waals surface area contributed by atoms with Crippen molar-refractivity contribution >= 4 is 26.8 Å². The maximum Gasteiger partial charge on any atom is 0.0857 e. The zero-order chi connectivity index (χ0) is 10.8. The van der Waals surface area contributed by atoms with Gasteiger partial charge in [-0.15, -0.1) is 0 Å². The fraction of sp³-hybridized carbons (Fsp3) is 0.333. The molecule has 0 radical (unpaired) electrons. The largest absolute Gasteiger partial charge is 0.335 e. The van der Waals surface area contributed by atoms with Crippen LogP contribution >= 0.6 is 15.9 Å². The summed E-state index contributed by atoms with van der Waals surface area (Å²) in [7, 11) is 0. The standard InChI is InChI=1S/C12H15BrN2/c1-9-4-2-5-11-10(9)8-12(13)15(11)7-3-6-14/h2,4-5,8H,3,6-7,14H2,1H3. The van der Waals surface area contributed by atoms with Gasteiger partial charge in [-0.3, -0.25) is 0 Å². The number of hydrogen-bond donors (Lipinski definition) is 1. The van der Waals surface area contributed by atoms with E-state index < -0.39 is 0 Å². The molecule has 0 fully saturated rings. The summed E-state index contributed by atoms with van der Waals surface area (Å²) >= 11 is 3.60. The molecule has 1 heterocycles. The van der Waals surface area contributed by atoms with Crippen LogP contribution in [-0.2, 0) is 6.54 Å². The normalized spacial score (nSPS) is 11.1. The molecule has 0 saturated heterocycles. The van der Waals surface area contributed by atoms with E-state index in [2.05, 4.69) is 51.7 Å². The molecule has 2 aromatic rings. The van der Waals surface area contributed by atoms with E-state index in [-0.39, 0.29) is 0 Å². The summed E-state index contributed by atoms with van der Waals surface area (Å²) in [6.45, 7) is 3.85. The van der Waals surface area contributed by atoms with Crippen LogP contribution in [0.15, 0.2) is 28.9 Å². The van der Waals surface area contributed by atoms with Gasteiger partial charge in [-0.05, 0) is 53.5 Å². The van der Waals surface area contributed by atoms with Crippen molar-refractivity contribution in [2.75, 3.05) is 6.54 Å². The van der Waals surface area contributed by atoms with E-state index in [1.165, 1.54) is 16.5 Å². The summed E-state index contributed by atoms with van der Waals surface area (Å²) in [6, 6.07) is 8.58. The average molecular weight is 267 g/mol. The van der Waals surface area contributed by atoms with E-state index in [0.717, 1.165) is 24.1 Å². The molecule has 0 aliphatic carbocycles. The predicted molar refractivity (Wildman–Crippen MR) is 68.0 cm³/mol. The summed E-state index contributed by atoms with van der Waals surface area (Å²) < 4.78 is 3.41. The maximum absolute atomic E-state index is 5.54. The van der Waals surface area contributed by atoms with Crippen molar-refractivity contribution in [3.05, 3.63) is 34.4 Å². The molecule has 2 N–H and O–H groups in total. The first-order valence-corrected chi connectivity index (χ1v) is 5.98.